The van der Waals surface area contributed by atoms with Crippen LogP contribution in [0.1, 0.15) is 30.9 Å². The summed E-state index contributed by atoms with van der Waals surface area (Å²) in [5.41, 5.74) is 8.11. The molecule has 0 aliphatic rings. The molecular weight excluding hydrogens is 214 g/mol. The summed E-state index contributed by atoms with van der Waals surface area (Å²) >= 11 is 0. The second-order valence-electron chi connectivity index (χ2n) is 4.25. The summed E-state index contributed by atoms with van der Waals surface area (Å²) in [7, 11) is 1.36. The van der Waals surface area contributed by atoms with Crippen molar-refractivity contribution in [2.45, 2.75) is 38.6 Å². The van der Waals surface area contributed by atoms with E-state index in [-0.39, 0.29) is 5.97 Å². The Labute approximate surface area is 103 Å². The third kappa shape index (κ3) is 4.57. The number of esters is 1. The van der Waals surface area contributed by atoms with E-state index in [1.807, 2.05) is 12.1 Å². The molecule has 1 rings (SSSR count). The molecular formula is C14H21NO2. The van der Waals surface area contributed by atoms with Gasteiger partial charge in [0.05, 0.1) is 7.11 Å². The number of carbonyl (C=O) groups excluding carboxylic acids is 1. The van der Waals surface area contributed by atoms with Gasteiger partial charge in [-0.15, -0.1) is 0 Å². The smallest absolute Gasteiger partial charge is 0.322 e. The molecule has 0 aromatic heterocycles. The molecule has 3 heteroatoms. The molecule has 0 saturated carbocycles. The van der Waals surface area contributed by atoms with Gasteiger partial charge in [-0.2, -0.15) is 0 Å². The summed E-state index contributed by atoms with van der Waals surface area (Å²) in [5.74, 6) is -0.361. The van der Waals surface area contributed by atoms with Gasteiger partial charge in [0.1, 0.15) is 6.04 Å². The van der Waals surface area contributed by atoms with Crippen molar-refractivity contribution >= 4 is 5.97 Å². The number of unbranched alkanes of at least 4 members (excludes halogenated alkanes) is 1. The van der Waals surface area contributed by atoms with Crippen LogP contribution in [0.5, 0.6) is 0 Å². The van der Waals surface area contributed by atoms with Gasteiger partial charge in [0, 0.05) is 0 Å². The molecule has 0 radical (unpaired) electrons. The summed E-state index contributed by atoms with van der Waals surface area (Å²) in [5, 5.41) is 0. The van der Waals surface area contributed by atoms with Crippen molar-refractivity contribution in [3.05, 3.63) is 35.4 Å². The number of methoxy groups -OCH3 is 1. The fourth-order valence-corrected chi connectivity index (χ4v) is 1.71. The summed E-state index contributed by atoms with van der Waals surface area (Å²) in [4.78, 5) is 11.2. The first kappa shape index (κ1) is 13.7. The third-order valence-corrected chi connectivity index (χ3v) is 2.80. The molecule has 94 valence electrons. The molecule has 0 spiro atoms. The van der Waals surface area contributed by atoms with Crippen LogP contribution < -0.4 is 5.73 Å². The fourth-order valence-electron chi connectivity index (χ4n) is 1.71. The Morgan fingerprint density at radius 1 is 1.29 bits per heavy atom. The highest BCUT2D eigenvalue weighted by Crippen LogP contribution is 2.09. The first-order valence-corrected chi connectivity index (χ1v) is 6.08. The molecule has 0 fully saturated rings. The Balaban J connectivity index is 2.53. The lowest BCUT2D eigenvalue weighted by Crippen LogP contribution is -2.33. The number of hydrogen-bond acceptors (Lipinski definition) is 3. The number of carbonyl (C=O) groups is 1. The highest BCUT2D eigenvalue weighted by atomic mass is 16.5. The van der Waals surface area contributed by atoms with E-state index in [0.29, 0.717) is 6.42 Å². The molecule has 0 saturated heterocycles. The first-order valence-electron chi connectivity index (χ1n) is 6.08. The molecule has 0 unspecified atom stereocenters. The number of benzene rings is 1. The molecule has 0 amide bonds. The second kappa shape index (κ2) is 7.07. The van der Waals surface area contributed by atoms with Gasteiger partial charge in [0.25, 0.3) is 0 Å². The van der Waals surface area contributed by atoms with E-state index in [9.17, 15) is 4.79 Å². The van der Waals surface area contributed by atoms with Crippen molar-refractivity contribution in [2.75, 3.05) is 7.11 Å². The topological polar surface area (TPSA) is 52.3 Å². The Hall–Kier alpha value is -1.35. The summed E-state index contributed by atoms with van der Waals surface area (Å²) in [6.07, 6.45) is 4.05. The maximum Gasteiger partial charge on any atom is 0.322 e. The van der Waals surface area contributed by atoms with E-state index in [2.05, 4.69) is 23.8 Å². The molecule has 1 aromatic rings. The van der Waals surface area contributed by atoms with Gasteiger partial charge < -0.3 is 10.5 Å². The van der Waals surface area contributed by atoms with E-state index in [1.165, 1.54) is 25.5 Å². The monoisotopic (exact) mass is 235 g/mol. The van der Waals surface area contributed by atoms with Crippen LogP contribution in [0.15, 0.2) is 24.3 Å². The minimum atomic E-state index is -0.568. The first-order chi connectivity index (χ1) is 8.17. The van der Waals surface area contributed by atoms with Crippen molar-refractivity contribution in [1.82, 2.24) is 0 Å². The lowest BCUT2D eigenvalue weighted by molar-refractivity contribution is -0.142. The largest absolute Gasteiger partial charge is 0.468 e. The van der Waals surface area contributed by atoms with Gasteiger partial charge in [0.2, 0.25) is 0 Å². The molecule has 0 aliphatic carbocycles. The number of ether oxygens (including phenoxy) is 1. The molecule has 17 heavy (non-hydrogen) atoms. The van der Waals surface area contributed by atoms with E-state index in [0.717, 1.165) is 12.0 Å². The van der Waals surface area contributed by atoms with Crippen molar-refractivity contribution in [3.8, 4) is 0 Å². The average Bonchev–Trinajstić information content (AvgIpc) is 2.37. The second-order valence-corrected chi connectivity index (χ2v) is 4.25. The van der Waals surface area contributed by atoms with Gasteiger partial charge >= 0.3 is 5.97 Å². The summed E-state index contributed by atoms with van der Waals surface area (Å²) in [6, 6.07) is 7.72. The van der Waals surface area contributed by atoms with Crippen LogP contribution in [-0.2, 0) is 22.4 Å². The quantitative estimate of drug-likeness (QED) is 0.768. The van der Waals surface area contributed by atoms with Crippen molar-refractivity contribution in [3.63, 3.8) is 0 Å². The average molecular weight is 235 g/mol. The van der Waals surface area contributed by atoms with E-state index in [1.54, 1.807) is 0 Å². The van der Waals surface area contributed by atoms with Gasteiger partial charge in [0.15, 0.2) is 0 Å². The Bertz CT molecular complexity index is 346. The van der Waals surface area contributed by atoms with Gasteiger partial charge in [-0.1, -0.05) is 37.6 Å². The maximum atomic E-state index is 11.2. The zero-order chi connectivity index (χ0) is 12.7. The van der Waals surface area contributed by atoms with Crippen LogP contribution in [0.2, 0.25) is 0 Å². The Morgan fingerprint density at radius 2 is 1.88 bits per heavy atom. The molecule has 1 atom stereocenters. The lowest BCUT2D eigenvalue weighted by atomic mass is 10.0. The number of nitrogens with two attached hydrogens (primary N) is 1. The zero-order valence-electron chi connectivity index (χ0n) is 10.6. The number of aryl methyl sites for hydroxylation is 1. The number of hydrogen-bond donors (Lipinski definition) is 1. The van der Waals surface area contributed by atoms with Gasteiger partial charge in [-0.25, -0.2) is 0 Å². The van der Waals surface area contributed by atoms with Crippen molar-refractivity contribution < 1.29 is 9.53 Å². The standard InChI is InChI=1S/C14H21NO2/c1-3-4-5-11-6-8-12(9-7-11)10-13(15)14(16)17-2/h6-9,13H,3-5,10,15H2,1-2H3/t13-/m0/s1. The van der Waals surface area contributed by atoms with Gasteiger partial charge in [-0.3, -0.25) is 4.79 Å². The SMILES string of the molecule is CCCCc1ccc(C[C@H](N)C(=O)OC)cc1. The summed E-state index contributed by atoms with van der Waals surface area (Å²) in [6.45, 7) is 2.18. The van der Waals surface area contributed by atoms with Crippen LogP contribution in [-0.4, -0.2) is 19.1 Å². The Morgan fingerprint density at radius 3 is 2.41 bits per heavy atom. The highest BCUT2D eigenvalue weighted by molar-refractivity contribution is 5.75. The molecule has 3 nitrogen and oxygen atoms in total. The van der Waals surface area contributed by atoms with Crippen LogP contribution in [0.4, 0.5) is 0 Å². The molecule has 1 aromatic carbocycles. The fraction of sp³-hybridized carbons (Fsp3) is 0.500. The lowest BCUT2D eigenvalue weighted by Gasteiger charge is -2.09. The van der Waals surface area contributed by atoms with Crippen molar-refractivity contribution in [1.29, 1.82) is 0 Å². The molecule has 0 heterocycles. The zero-order valence-corrected chi connectivity index (χ0v) is 10.6. The minimum Gasteiger partial charge on any atom is -0.468 e. The Kier molecular flexibility index (Phi) is 5.70. The van der Waals surface area contributed by atoms with Crippen LogP contribution in [0.25, 0.3) is 0 Å². The predicted octanol–water partition coefficient (Wildman–Crippen LogP) is 2.07. The molecule has 2 N–H and O–H groups in total. The maximum absolute atomic E-state index is 11.2. The van der Waals surface area contributed by atoms with E-state index < -0.39 is 6.04 Å². The predicted molar refractivity (Wildman–Crippen MR) is 68.7 cm³/mol. The molecule has 0 bridgehead atoms. The van der Waals surface area contributed by atoms with Crippen molar-refractivity contribution in [2.24, 2.45) is 5.73 Å². The van der Waals surface area contributed by atoms with Crippen LogP contribution in [0, 0.1) is 0 Å². The van der Waals surface area contributed by atoms with E-state index >= 15 is 0 Å². The van der Waals surface area contributed by atoms with E-state index in [4.69, 9.17) is 5.73 Å². The summed E-state index contributed by atoms with van der Waals surface area (Å²) < 4.78 is 4.60. The highest BCUT2D eigenvalue weighted by Gasteiger charge is 2.13. The van der Waals surface area contributed by atoms with Crippen LogP contribution in [0.3, 0.4) is 0 Å². The third-order valence-electron chi connectivity index (χ3n) is 2.80. The van der Waals surface area contributed by atoms with Crippen LogP contribution >= 0.6 is 0 Å². The van der Waals surface area contributed by atoms with Gasteiger partial charge in [-0.05, 0) is 30.4 Å². The minimum absolute atomic E-state index is 0.361. The normalized spacial score (nSPS) is 12.2. The number of rotatable bonds is 6. The molecule has 0 aliphatic heterocycles.